The molecule has 0 bridgehead atoms. The van der Waals surface area contributed by atoms with Crippen molar-refractivity contribution >= 4 is 11.6 Å². The molecule has 1 heterocycles. The highest BCUT2D eigenvalue weighted by atomic mass is 16.2. The third-order valence-corrected chi connectivity index (χ3v) is 4.97. The maximum Gasteiger partial charge on any atom is 0.238 e. The fourth-order valence-corrected chi connectivity index (χ4v) is 3.17. The van der Waals surface area contributed by atoms with E-state index in [0.29, 0.717) is 12.5 Å². The van der Waals surface area contributed by atoms with Crippen molar-refractivity contribution in [1.82, 2.24) is 19.7 Å². The smallest absolute Gasteiger partial charge is 0.238 e. The summed E-state index contributed by atoms with van der Waals surface area (Å²) < 4.78 is 1.72. The first kappa shape index (κ1) is 19.8. The van der Waals surface area contributed by atoms with Crippen molar-refractivity contribution in [1.29, 1.82) is 0 Å². The van der Waals surface area contributed by atoms with Crippen LogP contribution >= 0.6 is 0 Å². The summed E-state index contributed by atoms with van der Waals surface area (Å²) in [6.45, 7) is 6.67. The molecule has 0 unspecified atom stereocenters. The molecule has 3 aromatic rings. The van der Waals surface area contributed by atoms with Crippen LogP contribution in [0.1, 0.15) is 43.9 Å². The van der Waals surface area contributed by atoms with Crippen molar-refractivity contribution < 1.29 is 4.79 Å². The number of nitrogens with zero attached hydrogens (tertiary/aromatic N) is 4. The lowest BCUT2D eigenvalue weighted by molar-refractivity contribution is -0.117. The van der Waals surface area contributed by atoms with Gasteiger partial charge in [0.1, 0.15) is 12.7 Å². The first-order valence-electron chi connectivity index (χ1n) is 9.49. The Bertz CT molecular complexity index is 903. The largest absolute Gasteiger partial charge is 0.325 e. The minimum atomic E-state index is -0.0123. The number of hydrogen-bond donors (Lipinski definition) is 1. The zero-order chi connectivity index (χ0) is 20.1. The normalized spacial score (nSPS) is 12.4. The van der Waals surface area contributed by atoms with Crippen molar-refractivity contribution in [3.63, 3.8) is 0 Å². The SMILES string of the molecule is CC(C)c1ccccc1NC(=O)CN(C)[C@H](C)c1ccc(-n2cncn2)cc1. The Kier molecular flexibility index (Phi) is 6.21. The molecule has 1 atom stereocenters. The molecule has 0 radical (unpaired) electrons. The number of amides is 1. The van der Waals surface area contributed by atoms with E-state index in [0.717, 1.165) is 22.5 Å². The molecule has 1 aromatic heterocycles. The zero-order valence-corrected chi connectivity index (χ0v) is 16.8. The van der Waals surface area contributed by atoms with Gasteiger partial charge >= 0.3 is 0 Å². The Morgan fingerprint density at radius 1 is 1.11 bits per heavy atom. The molecule has 0 aliphatic rings. The molecule has 0 saturated carbocycles. The highest BCUT2D eigenvalue weighted by molar-refractivity contribution is 5.93. The minimum Gasteiger partial charge on any atom is -0.325 e. The Balaban J connectivity index is 1.62. The highest BCUT2D eigenvalue weighted by Gasteiger charge is 2.16. The topological polar surface area (TPSA) is 63.1 Å². The van der Waals surface area contributed by atoms with Crippen molar-refractivity contribution in [3.05, 3.63) is 72.3 Å². The van der Waals surface area contributed by atoms with Crippen LogP contribution in [-0.2, 0) is 4.79 Å². The van der Waals surface area contributed by atoms with E-state index in [4.69, 9.17) is 0 Å². The Labute approximate surface area is 166 Å². The minimum absolute atomic E-state index is 0.0123. The monoisotopic (exact) mass is 377 g/mol. The third kappa shape index (κ3) is 4.64. The molecule has 2 aromatic carbocycles. The average molecular weight is 377 g/mol. The van der Waals surface area contributed by atoms with E-state index in [1.165, 1.54) is 6.33 Å². The van der Waals surface area contributed by atoms with E-state index in [2.05, 4.69) is 54.4 Å². The van der Waals surface area contributed by atoms with Gasteiger partial charge in [-0.05, 0) is 49.2 Å². The summed E-state index contributed by atoms with van der Waals surface area (Å²) in [5, 5.41) is 7.19. The first-order valence-corrected chi connectivity index (χ1v) is 9.49. The van der Waals surface area contributed by atoms with Crippen LogP contribution in [0.4, 0.5) is 5.69 Å². The molecule has 1 N–H and O–H groups in total. The number of carbonyl (C=O) groups excluding carboxylic acids is 1. The highest BCUT2D eigenvalue weighted by Crippen LogP contribution is 2.24. The number of carbonyl (C=O) groups is 1. The Hall–Kier alpha value is -2.99. The number of benzene rings is 2. The van der Waals surface area contributed by atoms with Crippen LogP contribution in [0.25, 0.3) is 5.69 Å². The van der Waals surface area contributed by atoms with Gasteiger partial charge in [0, 0.05) is 11.7 Å². The summed E-state index contributed by atoms with van der Waals surface area (Å²) in [4.78, 5) is 18.6. The predicted molar refractivity (Wildman–Crippen MR) is 112 cm³/mol. The van der Waals surface area contributed by atoms with Crippen molar-refractivity contribution in [2.24, 2.45) is 0 Å². The van der Waals surface area contributed by atoms with Gasteiger partial charge in [0.15, 0.2) is 0 Å². The molecule has 0 aliphatic heterocycles. The van der Waals surface area contributed by atoms with Gasteiger partial charge < -0.3 is 5.32 Å². The number of aromatic nitrogens is 3. The molecule has 0 aliphatic carbocycles. The third-order valence-electron chi connectivity index (χ3n) is 4.97. The van der Waals surface area contributed by atoms with Crippen LogP contribution in [-0.4, -0.2) is 39.2 Å². The fourth-order valence-electron chi connectivity index (χ4n) is 3.17. The molecule has 0 spiro atoms. The molecule has 146 valence electrons. The first-order chi connectivity index (χ1) is 13.5. The van der Waals surface area contributed by atoms with Crippen LogP contribution in [0.3, 0.4) is 0 Å². The van der Waals surface area contributed by atoms with E-state index in [9.17, 15) is 4.79 Å². The molecule has 0 saturated heterocycles. The quantitative estimate of drug-likeness (QED) is 0.675. The Morgan fingerprint density at radius 3 is 2.46 bits per heavy atom. The van der Waals surface area contributed by atoms with Gasteiger partial charge in [0.2, 0.25) is 5.91 Å². The van der Waals surface area contributed by atoms with Gasteiger partial charge in [0.05, 0.1) is 12.2 Å². The number of likely N-dealkylation sites (N-methyl/N-ethyl adjacent to an activating group) is 1. The Morgan fingerprint density at radius 2 is 1.82 bits per heavy atom. The zero-order valence-electron chi connectivity index (χ0n) is 16.8. The average Bonchev–Trinajstić information content (AvgIpc) is 3.22. The van der Waals surface area contributed by atoms with Crippen LogP contribution < -0.4 is 5.32 Å². The molecule has 6 nitrogen and oxygen atoms in total. The van der Waals surface area contributed by atoms with Gasteiger partial charge in [-0.25, -0.2) is 9.67 Å². The number of anilines is 1. The van der Waals surface area contributed by atoms with Crippen molar-refractivity contribution in [3.8, 4) is 5.69 Å². The molecule has 3 rings (SSSR count). The van der Waals surface area contributed by atoms with Gasteiger partial charge in [0.25, 0.3) is 0 Å². The van der Waals surface area contributed by atoms with Crippen molar-refractivity contribution in [2.75, 3.05) is 18.9 Å². The lowest BCUT2D eigenvalue weighted by Gasteiger charge is -2.25. The molecular formula is C22H27N5O. The second-order valence-corrected chi connectivity index (χ2v) is 7.31. The number of hydrogen-bond acceptors (Lipinski definition) is 4. The fraction of sp³-hybridized carbons (Fsp3) is 0.318. The van der Waals surface area contributed by atoms with E-state index in [1.54, 1.807) is 11.0 Å². The lowest BCUT2D eigenvalue weighted by atomic mass is 10.0. The predicted octanol–water partition coefficient (Wildman–Crippen LogP) is 4.02. The molecule has 6 heteroatoms. The summed E-state index contributed by atoms with van der Waals surface area (Å²) in [6, 6.07) is 16.2. The van der Waals surface area contributed by atoms with Crippen LogP contribution in [0.15, 0.2) is 61.2 Å². The maximum absolute atomic E-state index is 12.6. The summed E-state index contributed by atoms with van der Waals surface area (Å²) in [6.07, 6.45) is 3.18. The summed E-state index contributed by atoms with van der Waals surface area (Å²) in [5.74, 6) is 0.346. The molecule has 28 heavy (non-hydrogen) atoms. The van der Waals surface area contributed by atoms with E-state index in [-0.39, 0.29) is 11.9 Å². The van der Waals surface area contributed by atoms with Crippen LogP contribution in [0.5, 0.6) is 0 Å². The van der Waals surface area contributed by atoms with Gasteiger partial charge in [-0.1, -0.05) is 44.2 Å². The summed E-state index contributed by atoms with van der Waals surface area (Å²) >= 11 is 0. The summed E-state index contributed by atoms with van der Waals surface area (Å²) in [7, 11) is 1.96. The van der Waals surface area contributed by atoms with Crippen LogP contribution in [0, 0.1) is 0 Å². The number of rotatable bonds is 7. The van der Waals surface area contributed by atoms with E-state index in [1.807, 2.05) is 42.3 Å². The number of nitrogens with one attached hydrogen (secondary N) is 1. The van der Waals surface area contributed by atoms with Gasteiger partial charge in [-0.3, -0.25) is 9.69 Å². The van der Waals surface area contributed by atoms with Gasteiger partial charge in [-0.2, -0.15) is 5.10 Å². The second-order valence-electron chi connectivity index (χ2n) is 7.31. The second kappa shape index (κ2) is 8.80. The van der Waals surface area contributed by atoms with E-state index >= 15 is 0 Å². The van der Waals surface area contributed by atoms with Crippen molar-refractivity contribution in [2.45, 2.75) is 32.7 Å². The molecular weight excluding hydrogens is 350 g/mol. The molecule has 1 amide bonds. The maximum atomic E-state index is 12.6. The standard InChI is InChI=1S/C22H27N5O/c1-16(2)20-7-5-6-8-21(20)25-22(28)13-26(4)17(3)18-9-11-19(12-10-18)27-15-23-14-24-27/h5-12,14-17H,13H2,1-4H3,(H,25,28)/t17-/m1/s1. The van der Waals surface area contributed by atoms with E-state index < -0.39 is 0 Å². The van der Waals surface area contributed by atoms with Gasteiger partial charge in [-0.15, -0.1) is 0 Å². The lowest BCUT2D eigenvalue weighted by Crippen LogP contribution is -2.32. The summed E-state index contributed by atoms with van der Waals surface area (Å²) in [5.41, 5.74) is 4.14. The van der Waals surface area contributed by atoms with Crippen LogP contribution in [0.2, 0.25) is 0 Å². The number of para-hydroxylation sites is 1. The molecule has 0 fully saturated rings.